The smallest absolute Gasteiger partial charge is 0.224 e. The average Bonchev–Trinajstić information content (AvgIpc) is 2.70. The van der Waals surface area contributed by atoms with E-state index in [9.17, 15) is 4.79 Å². The van der Waals surface area contributed by atoms with Crippen molar-refractivity contribution in [3.05, 3.63) is 12.8 Å². The third kappa shape index (κ3) is 3.79. The van der Waals surface area contributed by atoms with E-state index in [2.05, 4.69) is 17.2 Å². The summed E-state index contributed by atoms with van der Waals surface area (Å²) < 4.78 is 4.94. The van der Waals surface area contributed by atoms with E-state index in [0.717, 1.165) is 25.9 Å². The second-order valence-electron chi connectivity index (χ2n) is 3.37. The van der Waals surface area contributed by atoms with Crippen molar-refractivity contribution >= 4 is 5.91 Å². The minimum Gasteiger partial charge on any atom is -0.502 e. The number of amides is 1. The Balaban J connectivity index is 2.00. The minimum absolute atomic E-state index is 0.161. The van der Waals surface area contributed by atoms with Crippen LogP contribution in [-0.4, -0.2) is 32.1 Å². The van der Waals surface area contributed by atoms with Crippen LogP contribution in [0.3, 0.4) is 0 Å². The molecule has 2 N–H and O–H groups in total. The molecule has 80 valence electrons. The zero-order chi connectivity index (χ0) is 10.2. The average molecular weight is 198 g/mol. The summed E-state index contributed by atoms with van der Waals surface area (Å²) in [5.41, 5.74) is 0. The van der Waals surface area contributed by atoms with Crippen LogP contribution >= 0.6 is 0 Å². The van der Waals surface area contributed by atoms with Crippen molar-refractivity contribution in [2.75, 3.05) is 26.2 Å². The Morgan fingerprint density at radius 1 is 1.71 bits per heavy atom. The summed E-state index contributed by atoms with van der Waals surface area (Å²) in [4.78, 5) is 11.5. The van der Waals surface area contributed by atoms with Crippen LogP contribution in [0.4, 0.5) is 0 Å². The highest BCUT2D eigenvalue weighted by atomic mass is 16.5. The van der Waals surface area contributed by atoms with Crippen molar-refractivity contribution in [2.45, 2.75) is 12.8 Å². The van der Waals surface area contributed by atoms with Crippen LogP contribution < -0.4 is 10.6 Å². The summed E-state index contributed by atoms with van der Waals surface area (Å²) in [5, 5.41) is 6.06. The molecule has 0 aromatic heterocycles. The molecule has 0 saturated carbocycles. The lowest BCUT2D eigenvalue weighted by atomic mass is 10.1. The zero-order valence-corrected chi connectivity index (χ0v) is 8.42. The highest BCUT2D eigenvalue weighted by molar-refractivity contribution is 5.79. The summed E-state index contributed by atoms with van der Waals surface area (Å²) in [7, 11) is 0. The molecule has 1 saturated heterocycles. The summed E-state index contributed by atoms with van der Waals surface area (Å²) in [6.07, 6.45) is 3.20. The molecule has 0 bridgehead atoms. The van der Waals surface area contributed by atoms with Crippen LogP contribution in [0.1, 0.15) is 12.8 Å². The Kier molecular flexibility index (Phi) is 5.07. The zero-order valence-electron chi connectivity index (χ0n) is 8.42. The van der Waals surface area contributed by atoms with Gasteiger partial charge in [-0.1, -0.05) is 6.58 Å². The van der Waals surface area contributed by atoms with Crippen molar-refractivity contribution in [2.24, 2.45) is 5.92 Å². The van der Waals surface area contributed by atoms with Gasteiger partial charge in [0.2, 0.25) is 5.91 Å². The van der Waals surface area contributed by atoms with Crippen LogP contribution in [0.15, 0.2) is 12.8 Å². The fourth-order valence-corrected chi connectivity index (χ4v) is 1.47. The van der Waals surface area contributed by atoms with Crippen LogP contribution in [0.25, 0.3) is 0 Å². The van der Waals surface area contributed by atoms with Crippen molar-refractivity contribution in [3.8, 4) is 0 Å². The molecule has 1 fully saturated rings. The first-order valence-electron chi connectivity index (χ1n) is 5.05. The molecule has 0 aromatic carbocycles. The van der Waals surface area contributed by atoms with Gasteiger partial charge in [0.25, 0.3) is 0 Å². The second kappa shape index (κ2) is 6.43. The highest BCUT2D eigenvalue weighted by Gasteiger charge is 2.21. The normalized spacial score (nSPS) is 20.4. The molecule has 4 heteroatoms. The maximum Gasteiger partial charge on any atom is 0.224 e. The second-order valence-corrected chi connectivity index (χ2v) is 3.37. The summed E-state index contributed by atoms with van der Waals surface area (Å²) in [6, 6.07) is 0. The Bertz CT molecular complexity index is 189. The number of rotatable bonds is 6. The molecule has 1 atom stereocenters. The summed E-state index contributed by atoms with van der Waals surface area (Å²) in [6.45, 7) is 6.51. The van der Waals surface area contributed by atoms with E-state index >= 15 is 0 Å². The number of carbonyl (C=O) groups is 1. The molecule has 0 aliphatic carbocycles. The number of ether oxygens (including phenoxy) is 1. The number of hydrogen-bond acceptors (Lipinski definition) is 3. The van der Waals surface area contributed by atoms with Gasteiger partial charge in [-0.25, -0.2) is 0 Å². The lowest BCUT2D eigenvalue weighted by Gasteiger charge is -2.09. The lowest BCUT2D eigenvalue weighted by molar-refractivity contribution is -0.124. The molecular formula is C10H18N2O2. The van der Waals surface area contributed by atoms with Gasteiger partial charge in [0.15, 0.2) is 0 Å². The Hall–Kier alpha value is -1.03. The fraction of sp³-hybridized carbons (Fsp3) is 0.700. The predicted octanol–water partition coefficient (Wildman–Crippen LogP) is 0.262. The van der Waals surface area contributed by atoms with Crippen molar-refractivity contribution in [1.82, 2.24) is 10.6 Å². The molecule has 1 aliphatic rings. The van der Waals surface area contributed by atoms with Crippen molar-refractivity contribution in [3.63, 3.8) is 0 Å². The summed E-state index contributed by atoms with van der Waals surface area (Å²) >= 11 is 0. The van der Waals surface area contributed by atoms with E-state index in [4.69, 9.17) is 4.74 Å². The third-order valence-electron chi connectivity index (χ3n) is 2.29. The van der Waals surface area contributed by atoms with Crippen molar-refractivity contribution in [1.29, 1.82) is 0 Å². The Morgan fingerprint density at radius 3 is 3.21 bits per heavy atom. The maximum absolute atomic E-state index is 11.5. The van der Waals surface area contributed by atoms with E-state index in [-0.39, 0.29) is 11.8 Å². The maximum atomic E-state index is 11.5. The molecule has 1 heterocycles. The first-order chi connectivity index (χ1) is 6.84. The highest BCUT2D eigenvalue weighted by Crippen LogP contribution is 2.06. The fourth-order valence-electron chi connectivity index (χ4n) is 1.47. The molecule has 1 rings (SSSR count). The molecule has 4 nitrogen and oxygen atoms in total. The first kappa shape index (κ1) is 11.0. The van der Waals surface area contributed by atoms with Gasteiger partial charge in [-0.15, -0.1) is 0 Å². The van der Waals surface area contributed by atoms with E-state index < -0.39 is 0 Å². The number of carbonyl (C=O) groups excluding carboxylic acids is 1. The Morgan fingerprint density at radius 2 is 2.57 bits per heavy atom. The Labute approximate surface area is 84.7 Å². The van der Waals surface area contributed by atoms with Crippen LogP contribution in [0.2, 0.25) is 0 Å². The minimum atomic E-state index is 0.161. The van der Waals surface area contributed by atoms with Gasteiger partial charge in [0, 0.05) is 13.1 Å². The lowest BCUT2D eigenvalue weighted by Crippen LogP contribution is -2.32. The molecule has 1 amide bonds. The van der Waals surface area contributed by atoms with Crippen molar-refractivity contribution < 1.29 is 9.53 Å². The van der Waals surface area contributed by atoms with E-state index in [1.807, 2.05) is 0 Å². The van der Waals surface area contributed by atoms with Crippen LogP contribution in [0.5, 0.6) is 0 Å². The summed E-state index contributed by atoms with van der Waals surface area (Å²) in [5.74, 6) is 0.323. The van der Waals surface area contributed by atoms with Gasteiger partial charge in [-0.3, -0.25) is 4.79 Å². The molecular weight excluding hydrogens is 180 g/mol. The van der Waals surface area contributed by atoms with Gasteiger partial charge in [-0.05, 0) is 19.4 Å². The van der Waals surface area contributed by atoms with E-state index in [1.54, 1.807) is 0 Å². The molecule has 0 spiro atoms. The monoisotopic (exact) mass is 198 g/mol. The van der Waals surface area contributed by atoms with Gasteiger partial charge < -0.3 is 15.4 Å². The van der Waals surface area contributed by atoms with Gasteiger partial charge in [0.05, 0.1) is 18.8 Å². The quantitative estimate of drug-likeness (QED) is 0.475. The standard InChI is InChI=1S/C10H18N2O2/c1-2-14-7-3-5-12-10(13)9-4-6-11-8-9/h2,9,11H,1,3-8H2,(H,12,13). The van der Waals surface area contributed by atoms with Gasteiger partial charge in [-0.2, -0.15) is 0 Å². The number of hydrogen-bond donors (Lipinski definition) is 2. The van der Waals surface area contributed by atoms with Gasteiger partial charge >= 0.3 is 0 Å². The largest absolute Gasteiger partial charge is 0.502 e. The molecule has 1 unspecified atom stereocenters. The van der Waals surface area contributed by atoms with Crippen LogP contribution in [0, 0.1) is 5.92 Å². The SMILES string of the molecule is C=COCCCNC(=O)C1CCNC1. The number of nitrogens with one attached hydrogen (secondary N) is 2. The third-order valence-corrected chi connectivity index (χ3v) is 2.29. The molecule has 0 aromatic rings. The van der Waals surface area contributed by atoms with E-state index in [1.165, 1.54) is 6.26 Å². The molecule has 0 radical (unpaired) electrons. The predicted molar refractivity (Wildman–Crippen MR) is 54.8 cm³/mol. The van der Waals surface area contributed by atoms with Crippen LogP contribution in [-0.2, 0) is 9.53 Å². The van der Waals surface area contributed by atoms with E-state index in [0.29, 0.717) is 13.2 Å². The molecule has 1 aliphatic heterocycles. The molecule has 14 heavy (non-hydrogen) atoms. The topological polar surface area (TPSA) is 50.4 Å². The first-order valence-corrected chi connectivity index (χ1v) is 5.05. The van der Waals surface area contributed by atoms with Gasteiger partial charge in [0.1, 0.15) is 0 Å².